The Morgan fingerprint density at radius 1 is 1.09 bits per heavy atom. The van der Waals surface area contributed by atoms with Gasteiger partial charge in [0.15, 0.2) is 11.0 Å². The van der Waals surface area contributed by atoms with Crippen LogP contribution in [-0.4, -0.2) is 28.6 Å². The lowest BCUT2D eigenvalue weighted by atomic mass is 9.84. The maximum atomic E-state index is 14.3. The van der Waals surface area contributed by atoms with Gasteiger partial charge in [-0.25, -0.2) is 0 Å². The SMILES string of the molecule is CCCc1nnc(N2C(=O)c3oc4ccc(Cl)cc4c(=O)c3C23C(=O)N(CC)c2ccccc23)s1. The Labute approximate surface area is 208 Å². The van der Waals surface area contributed by atoms with Crippen LogP contribution in [0.15, 0.2) is 51.7 Å². The van der Waals surface area contributed by atoms with Crippen LogP contribution >= 0.6 is 22.9 Å². The first kappa shape index (κ1) is 21.9. The number of halogens is 1. The molecule has 0 saturated carbocycles. The smallest absolute Gasteiger partial charge is 0.297 e. The Hall–Kier alpha value is -3.56. The summed E-state index contributed by atoms with van der Waals surface area (Å²) in [7, 11) is 0. The minimum Gasteiger partial charge on any atom is -0.450 e. The summed E-state index contributed by atoms with van der Waals surface area (Å²) in [4.78, 5) is 45.2. The molecule has 0 fully saturated rings. The van der Waals surface area contributed by atoms with E-state index in [1.807, 2.05) is 26.0 Å². The van der Waals surface area contributed by atoms with E-state index in [-0.39, 0.29) is 27.4 Å². The zero-order valence-electron chi connectivity index (χ0n) is 18.9. The molecule has 2 aliphatic rings. The first-order valence-electron chi connectivity index (χ1n) is 11.3. The van der Waals surface area contributed by atoms with Crippen molar-refractivity contribution in [2.24, 2.45) is 0 Å². The van der Waals surface area contributed by atoms with Crippen LogP contribution in [0.25, 0.3) is 11.0 Å². The van der Waals surface area contributed by atoms with Gasteiger partial charge in [-0.05, 0) is 37.6 Å². The van der Waals surface area contributed by atoms with Gasteiger partial charge in [0.2, 0.25) is 10.9 Å². The molecular formula is C25H19ClN4O4S. The lowest BCUT2D eigenvalue weighted by Gasteiger charge is -2.31. The number of hydrogen-bond acceptors (Lipinski definition) is 7. The van der Waals surface area contributed by atoms with E-state index in [0.29, 0.717) is 29.2 Å². The molecule has 10 heteroatoms. The molecule has 1 atom stereocenters. The summed E-state index contributed by atoms with van der Waals surface area (Å²) in [5.41, 5.74) is -0.857. The topological polar surface area (TPSA) is 96.6 Å². The number of anilines is 2. The molecule has 0 saturated heterocycles. The number of amides is 2. The largest absolute Gasteiger partial charge is 0.450 e. The van der Waals surface area contributed by atoms with Crippen LogP contribution in [0.1, 0.15) is 47.0 Å². The van der Waals surface area contributed by atoms with E-state index in [9.17, 15) is 14.4 Å². The highest BCUT2D eigenvalue weighted by atomic mass is 35.5. The van der Waals surface area contributed by atoms with Gasteiger partial charge in [0.25, 0.3) is 11.8 Å². The number of aryl methyl sites for hydroxylation is 1. The number of hydrogen-bond donors (Lipinski definition) is 0. The first-order chi connectivity index (χ1) is 16.9. The third-order valence-electron chi connectivity index (χ3n) is 6.51. The van der Waals surface area contributed by atoms with Crippen molar-refractivity contribution in [3.63, 3.8) is 0 Å². The average Bonchev–Trinajstić information content (AvgIpc) is 3.48. The summed E-state index contributed by atoms with van der Waals surface area (Å²) in [6.07, 6.45) is 1.54. The number of para-hydroxylation sites is 1. The minimum absolute atomic E-state index is 0.0158. The van der Waals surface area contributed by atoms with Crippen molar-refractivity contribution in [1.29, 1.82) is 0 Å². The zero-order valence-corrected chi connectivity index (χ0v) is 20.4. The third-order valence-corrected chi connectivity index (χ3v) is 7.72. The minimum atomic E-state index is -1.75. The van der Waals surface area contributed by atoms with E-state index in [4.69, 9.17) is 16.0 Å². The molecule has 4 heterocycles. The van der Waals surface area contributed by atoms with Gasteiger partial charge in [-0.3, -0.25) is 19.3 Å². The van der Waals surface area contributed by atoms with Gasteiger partial charge in [-0.2, -0.15) is 0 Å². The molecule has 0 radical (unpaired) electrons. The van der Waals surface area contributed by atoms with Gasteiger partial charge in [-0.1, -0.05) is 48.1 Å². The number of likely N-dealkylation sites (N-methyl/N-ethyl adjacent to an activating group) is 1. The van der Waals surface area contributed by atoms with E-state index < -0.39 is 22.8 Å². The maximum absolute atomic E-state index is 14.3. The Balaban J connectivity index is 1.75. The molecule has 0 bridgehead atoms. The Morgan fingerprint density at radius 3 is 2.66 bits per heavy atom. The lowest BCUT2D eigenvalue weighted by molar-refractivity contribution is -0.121. The molecule has 1 spiro atoms. The monoisotopic (exact) mass is 506 g/mol. The molecule has 176 valence electrons. The summed E-state index contributed by atoms with van der Waals surface area (Å²) >= 11 is 7.42. The second kappa shape index (κ2) is 7.73. The molecular weight excluding hydrogens is 488 g/mol. The van der Waals surface area contributed by atoms with Crippen molar-refractivity contribution in [3.8, 4) is 0 Å². The van der Waals surface area contributed by atoms with Crippen LogP contribution in [0, 0.1) is 0 Å². The van der Waals surface area contributed by atoms with E-state index in [2.05, 4.69) is 10.2 Å². The lowest BCUT2D eigenvalue weighted by Crippen LogP contribution is -2.53. The molecule has 6 rings (SSSR count). The van der Waals surface area contributed by atoms with E-state index in [1.165, 1.54) is 22.3 Å². The molecule has 4 aromatic rings. The van der Waals surface area contributed by atoms with Crippen molar-refractivity contribution in [2.45, 2.75) is 32.2 Å². The van der Waals surface area contributed by atoms with Gasteiger partial charge in [0.1, 0.15) is 10.6 Å². The summed E-state index contributed by atoms with van der Waals surface area (Å²) in [5, 5.41) is 10.0. The molecule has 2 amide bonds. The zero-order chi connectivity index (χ0) is 24.5. The van der Waals surface area contributed by atoms with Crippen molar-refractivity contribution < 1.29 is 14.0 Å². The van der Waals surface area contributed by atoms with E-state index >= 15 is 0 Å². The van der Waals surface area contributed by atoms with Crippen molar-refractivity contribution >= 4 is 56.5 Å². The van der Waals surface area contributed by atoms with Crippen LogP contribution in [0.5, 0.6) is 0 Å². The highest BCUT2D eigenvalue weighted by molar-refractivity contribution is 7.15. The normalized spacial score (nSPS) is 18.7. The number of carbonyl (C=O) groups excluding carboxylic acids is 2. The third kappa shape index (κ3) is 2.76. The number of nitrogens with zero attached hydrogens (tertiary/aromatic N) is 4. The maximum Gasteiger partial charge on any atom is 0.297 e. The van der Waals surface area contributed by atoms with Gasteiger partial charge in [0.05, 0.1) is 16.6 Å². The van der Waals surface area contributed by atoms with Crippen LogP contribution in [0.2, 0.25) is 5.02 Å². The number of aromatic nitrogens is 2. The summed E-state index contributed by atoms with van der Waals surface area (Å²) in [6.45, 7) is 4.23. The molecule has 2 aromatic carbocycles. The number of carbonyl (C=O) groups is 2. The summed E-state index contributed by atoms with van der Waals surface area (Å²) < 4.78 is 6.01. The Bertz CT molecular complexity index is 1610. The van der Waals surface area contributed by atoms with Crippen LogP contribution in [0.4, 0.5) is 10.8 Å². The predicted octanol–water partition coefficient (Wildman–Crippen LogP) is 4.52. The van der Waals surface area contributed by atoms with Crippen molar-refractivity contribution in [3.05, 3.63) is 79.6 Å². The van der Waals surface area contributed by atoms with Gasteiger partial charge in [0, 0.05) is 23.6 Å². The molecule has 8 nitrogen and oxygen atoms in total. The van der Waals surface area contributed by atoms with Crippen LogP contribution in [0.3, 0.4) is 0 Å². The highest BCUT2D eigenvalue weighted by Gasteiger charge is 2.66. The summed E-state index contributed by atoms with van der Waals surface area (Å²) in [5.74, 6) is -1.18. The second-order valence-corrected chi connectivity index (χ2v) is 9.90. The second-order valence-electron chi connectivity index (χ2n) is 8.42. The molecule has 0 N–H and O–H groups in total. The fraction of sp³-hybridized carbons (Fsp3) is 0.240. The van der Waals surface area contributed by atoms with Gasteiger partial charge < -0.3 is 9.32 Å². The Morgan fingerprint density at radius 2 is 1.89 bits per heavy atom. The highest BCUT2D eigenvalue weighted by Crippen LogP contribution is 2.54. The fourth-order valence-electron chi connectivity index (χ4n) is 5.10. The van der Waals surface area contributed by atoms with Gasteiger partial charge >= 0.3 is 0 Å². The first-order valence-corrected chi connectivity index (χ1v) is 12.5. The van der Waals surface area contributed by atoms with Crippen LogP contribution in [-0.2, 0) is 16.8 Å². The van der Waals surface area contributed by atoms with Crippen LogP contribution < -0.4 is 15.2 Å². The fourth-order valence-corrected chi connectivity index (χ4v) is 6.26. The standard InChI is InChI=1S/C25H19ClN4O4S/c1-3-7-18-27-28-24(35-18)30-22(32)21-19(20(31)14-12-13(26)10-11-17(14)34-21)25(30)15-8-5-6-9-16(15)29(4-2)23(25)33/h5-6,8-12H,3-4,7H2,1-2H3. The molecule has 35 heavy (non-hydrogen) atoms. The molecule has 1 unspecified atom stereocenters. The number of benzene rings is 2. The van der Waals surface area contributed by atoms with Crippen molar-refractivity contribution in [2.75, 3.05) is 16.3 Å². The average molecular weight is 507 g/mol. The molecule has 2 aromatic heterocycles. The van der Waals surface area contributed by atoms with Crippen molar-refractivity contribution in [1.82, 2.24) is 10.2 Å². The van der Waals surface area contributed by atoms with E-state index in [1.54, 1.807) is 29.2 Å². The Kier molecular flexibility index (Phi) is 4.84. The molecule has 0 aliphatic carbocycles. The summed E-state index contributed by atoms with van der Waals surface area (Å²) in [6, 6.07) is 11.8. The quantitative estimate of drug-likeness (QED) is 0.403. The van der Waals surface area contributed by atoms with Gasteiger partial charge in [-0.15, -0.1) is 10.2 Å². The number of fused-ring (bicyclic) bond motifs is 5. The number of rotatable bonds is 4. The van der Waals surface area contributed by atoms with E-state index in [0.717, 1.165) is 11.4 Å². The molecule has 2 aliphatic heterocycles. The predicted molar refractivity (Wildman–Crippen MR) is 133 cm³/mol.